The van der Waals surface area contributed by atoms with Crippen LogP contribution in [0.5, 0.6) is 6.01 Å². The molecule has 2 aliphatic rings. The molecule has 2 unspecified atom stereocenters. The summed E-state index contributed by atoms with van der Waals surface area (Å²) in [6.07, 6.45) is 9.61. The minimum atomic E-state index is -1.83. The first kappa shape index (κ1) is 46.3. The van der Waals surface area contributed by atoms with Crippen LogP contribution in [0.3, 0.4) is 0 Å². The van der Waals surface area contributed by atoms with E-state index in [2.05, 4.69) is 177 Å². The molecule has 8 nitrogen and oxygen atoms in total. The van der Waals surface area contributed by atoms with Crippen LogP contribution < -0.4 is 24.9 Å². The maximum Gasteiger partial charge on any atom is 0.323 e. The molecular formula is C48H81N7OSi2. The van der Waals surface area contributed by atoms with Gasteiger partial charge in [0, 0.05) is 47.3 Å². The lowest BCUT2D eigenvalue weighted by molar-refractivity contribution is -0.0130. The van der Waals surface area contributed by atoms with Crippen LogP contribution in [0, 0.1) is 0 Å². The highest BCUT2D eigenvalue weighted by atomic mass is 29.2. The molecule has 2 saturated heterocycles. The molecule has 58 heavy (non-hydrogen) atoms. The minimum Gasteiger partial charge on any atom is -0.463 e. The van der Waals surface area contributed by atoms with Crippen LogP contribution >= 0.6 is 0 Å². The van der Waals surface area contributed by atoms with Crippen molar-refractivity contribution in [3.8, 4) is 6.01 Å². The van der Waals surface area contributed by atoms with Gasteiger partial charge in [-0.05, 0) is 114 Å². The minimum absolute atomic E-state index is 0.0417. The van der Waals surface area contributed by atoms with Gasteiger partial charge in [0.05, 0.1) is 22.5 Å². The Balaban J connectivity index is 1.53. The van der Waals surface area contributed by atoms with Crippen LogP contribution in [0.15, 0.2) is 60.7 Å². The van der Waals surface area contributed by atoms with Crippen LogP contribution in [-0.4, -0.2) is 109 Å². The van der Waals surface area contributed by atoms with Gasteiger partial charge < -0.3 is 14.5 Å². The SMILES string of the molecule is CCCCN(c1nc(OCCC[Si](C)(c2ccccc2)[SiH](C)c2ccccc2)nc(N(CCCC)C2CC(C)(C)N(C)C(C)(C)C2)n1)C1CC(C)(C)N(C)C(C)(C)C1. The van der Waals surface area contributed by atoms with Gasteiger partial charge in [0.15, 0.2) is 0 Å². The Morgan fingerprint density at radius 2 is 1.07 bits per heavy atom. The molecule has 0 saturated carbocycles. The van der Waals surface area contributed by atoms with Crippen molar-refractivity contribution in [2.24, 2.45) is 0 Å². The highest BCUT2D eigenvalue weighted by molar-refractivity contribution is 7.42. The maximum absolute atomic E-state index is 6.79. The predicted octanol–water partition coefficient (Wildman–Crippen LogP) is 8.98. The molecule has 0 bridgehead atoms. The van der Waals surface area contributed by atoms with Crippen molar-refractivity contribution in [2.45, 2.75) is 180 Å². The number of rotatable bonds is 18. The van der Waals surface area contributed by atoms with Crippen molar-refractivity contribution >= 4 is 38.2 Å². The Morgan fingerprint density at radius 3 is 1.48 bits per heavy atom. The Labute approximate surface area is 357 Å². The normalized spacial score (nSPS) is 21.3. The molecule has 322 valence electrons. The van der Waals surface area contributed by atoms with Gasteiger partial charge in [0.25, 0.3) is 0 Å². The molecule has 0 radical (unpaired) electrons. The molecule has 0 aliphatic carbocycles. The number of aromatic nitrogens is 3. The second-order valence-corrected chi connectivity index (χ2v) is 33.1. The molecule has 2 aromatic carbocycles. The van der Waals surface area contributed by atoms with Crippen molar-refractivity contribution in [2.75, 3.05) is 43.6 Å². The zero-order valence-electron chi connectivity index (χ0n) is 39.2. The fourth-order valence-corrected chi connectivity index (χ4v) is 21.8. The monoisotopic (exact) mass is 828 g/mol. The van der Waals surface area contributed by atoms with E-state index in [1.54, 1.807) is 10.4 Å². The van der Waals surface area contributed by atoms with E-state index in [4.69, 9.17) is 19.7 Å². The first-order valence-electron chi connectivity index (χ1n) is 22.8. The average molecular weight is 828 g/mol. The summed E-state index contributed by atoms with van der Waals surface area (Å²) >= 11 is 0. The smallest absolute Gasteiger partial charge is 0.323 e. The first-order valence-corrected chi connectivity index (χ1v) is 29.0. The first-order chi connectivity index (χ1) is 27.3. The molecule has 3 heterocycles. The third-order valence-corrected chi connectivity index (χ3v) is 29.8. The van der Waals surface area contributed by atoms with Crippen LogP contribution in [0.2, 0.25) is 19.1 Å². The molecule has 2 atom stereocenters. The van der Waals surface area contributed by atoms with E-state index in [0.29, 0.717) is 24.7 Å². The van der Waals surface area contributed by atoms with E-state index in [9.17, 15) is 0 Å². The molecule has 1 aromatic heterocycles. The highest BCUT2D eigenvalue weighted by Gasteiger charge is 2.47. The third kappa shape index (κ3) is 10.6. The number of piperidine rings is 2. The summed E-state index contributed by atoms with van der Waals surface area (Å²) < 4.78 is 6.79. The van der Waals surface area contributed by atoms with Crippen molar-refractivity contribution < 1.29 is 4.74 Å². The zero-order valence-corrected chi connectivity index (χ0v) is 41.4. The van der Waals surface area contributed by atoms with E-state index >= 15 is 0 Å². The number of anilines is 2. The Hall–Kier alpha value is -2.80. The summed E-state index contributed by atoms with van der Waals surface area (Å²) in [4.78, 5) is 26.3. The summed E-state index contributed by atoms with van der Waals surface area (Å²) in [5.41, 5.74) is 0.167. The molecule has 0 spiro atoms. The molecule has 3 aromatic rings. The van der Waals surface area contributed by atoms with E-state index in [1.807, 2.05) is 0 Å². The Kier molecular flexibility index (Phi) is 15.0. The van der Waals surface area contributed by atoms with E-state index in [-0.39, 0.29) is 22.2 Å². The fourth-order valence-electron chi connectivity index (χ4n) is 10.4. The molecule has 2 fully saturated rings. The van der Waals surface area contributed by atoms with Crippen LogP contribution in [0.4, 0.5) is 11.9 Å². The number of hydrogen-bond donors (Lipinski definition) is 0. The lowest BCUT2D eigenvalue weighted by Crippen LogP contribution is -2.63. The quantitative estimate of drug-likeness (QED) is 0.0932. The van der Waals surface area contributed by atoms with Crippen molar-refractivity contribution in [1.82, 2.24) is 24.8 Å². The summed E-state index contributed by atoms with van der Waals surface area (Å²) in [6, 6.07) is 25.0. The van der Waals surface area contributed by atoms with E-state index < -0.39 is 15.9 Å². The molecule has 0 N–H and O–H groups in total. The average Bonchev–Trinajstić information content (AvgIpc) is 3.18. The molecule has 2 aliphatic heterocycles. The van der Waals surface area contributed by atoms with Gasteiger partial charge in [-0.25, -0.2) is 0 Å². The van der Waals surface area contributed by atoms with Gasteiger partial charge in [-0.2, -0.15) is 15.0 Å². The molecule has 5 rings (SSSR count). The fraction of sp³-hybridized carbons (Fsp3) is 0.688. The van der Waals surface area contributed by atoms with Gasteiger partial charge in [-0.15, -0.1) is 0 Å². The van der Waals surface area contributed by atoms with Crippen molar-refractivity contribution in [3.05, 3.63) is 60.7 Å². The topological polar surface area (TPSA) is 60.9 Å². The van der Waals surface area contributed by atoms with E-state index in [0.717, 1.165) is 82.8 Å². The van der Waals surface area contributed by atoms with Gasteiger partial charge in [-0.3, -0.25) is 9.80 Å². The number of ether oxygens (including phenoxy) is 1. The van der Waals surface area contributed by atoms with Crippen LogP contribution in [-0.2, 0) is 0 Å². The summed E-state index contributed by atoms with van der Waals surface area (Å²) in [7, 11) is 1.50. The Bertz CT molecular complexity index is 1630. The lowest BCUT2D eigenvalue weighted by Gasteiger charge is -2.56. The number of nitrogens with zero attached hydrogens (tertiary/aromatic N) is 7. The van der Waals surface area contributed by atoms with Gasteiger partial charge in [-0.1, -0.05) is 117 Å². The summed E-state index contributed by atoms with van der Waals surface area (Å²) in [5.74, 6) is 1.58. The lowest BCUT2D eigenvalue weighted by atomic mass is 9.77. The second-order valence-electron chi connectivity index (χ2n) is 20.7. The van der Waals surface area contributed by atoms with Gasteiger partial charge in [0.1, 0.15) is 0 Å². The van der Waals surface area contributed by atoms with Crippen LogP contribution in [0.25, 0.3) is 0 Å². The number of hydrogen-bond acceptors (Lipinski definition) is 8. The molecule has 0 amide bonds. The summed E-state index contributed by atoms with van der Waals surface area (Å²) in [5, 5.41) is 3.13. The number of unbranched alkanes of at least 4 members (excludes halogenated alkanes) is 2. The van der Waals surface area contributed by atoms with E-state index in [1.165, 1.54) is 6.04 Å². The third-order valence-electron chi connectivity index (χ3n) is 14.8. The molecule has 10 heteroatoms. The summed E-state index contributed by atoms with van der Waals surface area (Å²) in [6.45, 7) is 31.4. The zero-order chi connectivity index (χ0) is 42.5. The highest BCUT2D eigenvalue weighted by Crippen LogP contribution is 2.42. The largest absolute Gasteiger partial charge is 0.463 e. The van der Waals surface area contributed by atoms with Crippen molar-refractivity contribution in [3.63, 3.8) is 0 Å². The standard InChI is InChI=1S/C48H81N7OSi2/c1-15-17-30-54(38-34-45(3,4)52(11)46(5,6)35-38)42-49-43(55(31-18-16-2)39-36-47(7,8)53(12)48(9,10)37-39)51-44(50-42)56-32-25-33-58(14,41-28-23-20-24-29-41)57(13)40-26-21-19-22-27-40/h19-24,26-29,38-39,57H,15-18,25,30-37H2,1-14H3. The number of benzene rings is 2. The Morgan fingerprint density at radius 1 is 0.655 bits per heavy atom. The van der Waals surface area contributed by atoms with Crippen molar-refractivity contribution in [1.29, 1.82) is 0 Å². The predicted molar refractivity (Wildman–Crippen MR) is 254 cm³/mol. The molecular weight excluding hydrogens is 747 g/mol. The second kappa shape index (κ2) is 18.9. The van der Waals surface area contributed by atoms with Gasteiger partial charge >= 0.3 is 6.01 Å². The van der Waals surface area contributed by atoms with Crippen LogP contribution in [0.1, 0.15) is 127 Å². The van der Waals surface area contributed by atoms with Gasteiger partial charge in [0.2, 0.25) is 11.9 Å². The maximum atomic E-state index is 6.79. The number of likely N-dealkylation sites (tertiary alicyclic amines) is 2.